The summed E-state index contributed by atoms with van der Waals surface area (Å²) in [5, 5.41) is 11.1. The zero-order valence-corrected chi connectivity index (χ0v) is 16.1. The monoisotopic (exact) mass is 426 g/mol. The molecule has 0 amide bonds. The summed E-state index contributed by atoms with van der Waals surface area (Å²) in [5.41, 5.74) is -1.50. The van der Waals surface area contributed by atoms with Crippen molar-refractivity contribution in [3.63, 3.8) is 0 Å². The van der Waals surface area contributed by atoms with Gasteiger partial charge < -0.3 is 9.84 Å². The average molecular weight is 429 g/mol. The van der Waals surface area contributed by atoms with Crippen LogP contribution in [0.25, 0.3) is 0 Å². The molecule has 1 saturated heterocycles. The summed E-state index contributed by atoms with van der Waals surface area (Å²) in [6.45, 7) is 8.30. The van der Waals surface area contributed by atoms with E-state index in [0.29, 0.717) is 0 Å². The molecule has 0 aromatic rings. The Bertz CT molecular complexity index is 488. The predicted molar refractivity (Wildman–Crippen MR) is 88.7 cm³/mol. The van der Waals surface area contributed by atoms with E-state index >= 15 is 0 Å². The first-order valence-electron chi connectivity index (χ1n) is 7.02. The number of rotatable bonds is 0. The lowest BCUT2D eigenvalue weighted by Gasteiger charge is -2.59. The minimum Gasteiger partial charge on any atom is -0.385 e. The lowest BCUT2D eigenvalue weighted by Crippen LogP contribution is -2.65. The average Bonchev–Trinajstić information content (AvgIpc) is 2.37. The van der Waals surface area contributed by atoms with Crippen LogP contribution in [0.2, 0.25) is 0 Å². The predicted octanol–water partition coefficient (Wildman–Crippen LogP) is 4.36. The summed E-state index contributed by atoms with van der Waals surface area (Å²) < 4.78 is 5.84. The number of halogens is 3. The van der Waals surface area contributed by atoms with E-state index < -0.39 is 10.1 Å². The Kier molecular flexibility index (Phi) is 3.20. The van der Waals surface area contributed by atoms with Gasteiger partial charge in [0.1, 0.15) is 4.51 Å². The summed E-state index contributed by atoms with van der Waals surface area (Å²) in [5.74, 6) is 0. The number of aliphatic hydroxyl groups is 1. The van der Waals surface area contributed by atoms with Gasteiger partial charge in [0.25, 0.3) is 0 Å². The largest absolute Gasteiger partial charge is 0.385 e. The molecular formula is C15H21Br2ClO2. The second-order valence-corrected chi connectivity index (χ2v) is 10.6. The number of hydrogen-bond donors (Lipinski definition) is 1. The first-order valence-corrected chi connectivity index (χ1v) is 9.11. The fourth-order valence-electron chi connectivity index (χ4n) is 4.58. The first-order chi connectivity index (χ1) is 8.90. The molecule has 5 heteroatoms. The van der Waals surface area contributed by atoms with Crippen LogP contribution >= 0.6 is 43.5 Å². The van der Waals surface area contributed by atoms with Crippen LogP contribution in [0, 0.1) is 10.8 Å². The molecule has 1 N–H and O–H groups in total. The topological polar surface area (TPSA) is 29.5 Å². The Balaban J connectivity index is 2.21. The third-order valence-corrected chi connectivity index (χ3v) is 9.55. The smallest absolute Gasteiger partial charge is 0.147 e. The fourth-order valence-corrected chi connectivity index (χ4v) is 6.21. The molecule has 3 unspecified atom stereocenters. The van der Waals surface area contributed by atoms with Gasteiger partial charge in [-0.05, 0) is 48.7 Å². The maximum atomic E-state index is 11.1. The van der Waals surface area contributed by atoms with Gasteiger partial charge in [0.05, 0.1) is 16.6 Å². The van der Waals surface area contributed by atoms with Crippen molar-refractivity contribution in [1.82, 2.24) is 0 Å². The van der Waals surface area contributed by atoms with Crippen molar-refractivity contribution in [3.05, 3.63) is 12.2 Å². The van der Waals surface area contributed by atoms with Gasteiger partial charge in [-0.2, -0.15) is 0 Å². The Morgan fingerprint density at radius 1 is 1.20 bits per heavy atom. The molecule has 1 heterocycles. The maximum Gasteiger partial charge on any atom is 0.147 e. The second kappa shape index (κ2) is 4.05. The number of fused-ring (bicyclic) bond motifs is 1. The SMILES string of the molecule is CC1(Cl)CC2O[C@@]3(Br)C=CC(C)(O)[C@]2(C[C@@H]1Br)C3(C)C. The van der Waals surface area contributed by atoms with Gasteiger partial charge in [0.15, 0.2) is 0 Å². The van der Waals surface area contributed by atoms with Crippen LogP contribution < -0.4 is 0 Å². The van der Waals surface area contributed by atoms with Gasteiger partial charge in [-0.1, -0.05) is 35.9 Å². The van der Waals surface area contributed by atoms with Gasteiger partial charge in [-0.3, -0.25) is 0 Å². The van der Waals surface area contributed by atoms with E-state index in [2.05, 4.69) is 45.7 Å². The van der Waals surface area contributed by atoms with Gasteiger partial charge in [0, 0.05) is 15.7 Å². The molecule has 6 atom stereocenters. The van der Waals surface area contributed by atoms with Crippen LogP contribution in [0.5, 0.6) is 0 Å². The van der Waals surface area contributed by atoms with Crippen LogP contribution in [-0.2, 0) is 4.74 Å². The molecule has 3 aliphatic rings. The van der Waals surface area contributed by atoms with E-state index in [9.17, 15) is 5.11 Å². The van der Waals surface area contributed by atoms with Crippen LogP contribution in [-0.4, -0.2) is 31.0 Å². The fraction of sp³-hybridized carbons (Fsp3) is 0.867. The van der Waals surface area contributed by atoms with Gasteiger partial charge in [-0.25, -0.2) is 0 Å². The van der Waals surface area contributed by atoms with Crippen LogP contribution in [0.3, 0.4) is 0 Å². The normalized spacial score (nSPS) is 60.4. The molecule has 20 heavy (non-hydrogen) atoms. The summed E-state index contributed by atoms with van der Waals surface area (Å²) in [7, 11) is 0. The van der Waals surface area contributed by atoms with Gasteiger partial charge in [-0.15, -0.1) is 11.6 Å². The van der Waals surface area contributed by atoms with Gasteiger partial charge >= 0.3 is 0 Å². The van der Waals surface area contributed by atoms with E-state index in [4.69, 9.17) is 16.3 Å². The van der Waals surface area contributed by atoms with Crippen molar-refractivity contribution >= 4 is 43.5 Å². The highest BCUT2D eigenvalue weighted by Gasteiger charge is 2.76. The van der Waals surface area contributed by atoms with Crippen LogP contribution in [0.4, 0.5) is 0 Å². The zero-order chi connectivity index (χ0) is 15.2. The molecule has 0 aromatic carbocycles. The minimum atomic E-state index is -0.908. The molecule has 2 fully saturated rings. The van der Waals surface area contributed by atoms with Gasteiger partial charge in [0.2, 0.25) is 0 Å². The zero-order valence-electron chi connectivity index (χ0n) is 12.2. The molecule has 1 saturated carbocycles. The Hall–Kier alpha value is 0.910. The van der Waals surface area contributed by atoms with Crippen molar-refractivity contribution in [2.45, 2.75) is 66.5 Å². The molecule has 0 radical (unpaired) electrons. The van der Waals surface area contributed by atoms with Crippen molar-refractivity contribution in [3.8, 4) is 0 Å². The van der Waals surface area contributed by atoms with Crippen LogP contribution in [0.15, 0.2) is 12.2 Å². The Morgan fingerprint density at radius 3 is 2.40 bits per heavy atom. The molecule has 1 spiro atoms. The summed E-state index contributed by atoms with van der Waals surface area (Å²) in [4.78, 5) is -0.216. The highest BCUT2D eigenvalue weighted by atomic mass is 79.9. The Labute approximate surface area is 142 Å². The number of ether oxygens (including phenoxy) is 1. The van der Waals surface area contributed by atoms with E-state index in [1.165, 1.54) is 0 Å². The molecule has 2 bridgehead atoms. The second-order valence-electron chi connectivity index (χ2n) is 7.48. The molecule has 2 aliphatic carbocycles. The summed E-state index contributed by atoms with van der Waals surface area (Å²) >= 11 is 14.2. The molecular weight excluding hydrogens is 407 g/mol. The lowest BCUT2D eigenvalue weighted by molar-refractivity contribution is -0.132. The van der Waals surface area contributed by atoms with Crippen LogP contribution in [0.1, 0.15) is 40.5 Å². The number of hydrogen-bond acceptors (Lipinski definition) is 2. The summed E-state index contributed by atoms with van der Waals surface area (Å²) in [6, 6.07) is 0. The first kappa shape index (κ1) is 15.8. The van der Waals surface area contributed by atoms with E-state index in [1.54, 1.807) is 0 Å². The quantitative estimate of drug-likeness (QED) is 0.459. The van der Waals surface area contributed by atoms with Crippen molar-refractivity contribution < 1.29 is 9.84 Å². The Morgan fingerprint density at radius 2 is 1.80 bits per heavy atom. The maximum absolute atomic E-state index is 11.1. The van der Waals surface area contributed by atoms with Crippen molar-refractivity contribution in [2.24, 2.45) is 10.8 Å². The van der Waals surface area contributed by atoms with E-state index in [-0.39, 0.29) is 26.6 Å². The highest BCUT2D eigenvalue weighted by Crippen LogP contribution is 2.73. The molecule has 114 valence electrons. The molecule has 0 aromatic heterocycles. The van der Waals surface area contributed by atoms with Crippen molar-refractivity contribution in [1.29, 1.82) is 0 Å². The number of alkyl halides is 3. The molecule has 3 rings (SSSR count). The lowest BCUT2D eigenvalue weighted by atomic mass is 9.47. The molecule has 1 aliphatic heterocycles. The third kappa shape index (κ3) is 1.58. The summed E-state index contributed by atoms with van der Waals surface area (Å²) in [6.07, 6.45) is 5.29. The standard InChI is InChI=1S/C15H21Br2ClO2/c1-11(2)14-7-9(16)12(3,18)8-10(14)20-15(11,17)6-5-13(14,4)19/h5-6,9-10,19H,7-8H2,1-4H3/t9-,10?,12?,13?,14-,15-/m0/s1. The van der Waals surface area contributed by atoms with E-state index in [1.807, 2.05) is 26.0 Å². The molecule has 2 nitrogen and oxygen atoms in total. The van der Waals surface area contributed by atoms with E-state index in [0.717, 1.165) is 12.8 Å². The highest BCUT2D eigenvalue weighted by molar-refractivity contribution is 9.10. The third-order valence-electron chi connectivity index (χ3n) is 6.10. The van der Waals surface area contributed by atoms with Crippen molar-refractivity contribution in [2.75, 3.05) is 0 Å². The minimum absolute atomic E-state index is 0.0711.